The number of fused-ring (bicyclic) bond motifs is 1. The summed E-state index contributed by atoms with van der Waals surface area (Å²) < 4.78 is 5.16. The van der Waals surface area contributed by atoms with Crippen molar-refractivity contribution in [2.24, 2.45) is 0 Å². The molecule has 1 aromatic carbocycles. The molecule has 3 rings (SSSR count). The summed E-state index contributed by atoms with van der Waals surface area (Å²) >= 11 is 1.94. The van der Waals surface area contributed by atoms with Crippen LogP contribution < -0.4 is 0 Å². The fraction of sp³-hybridized carbons (Fsp3) is 0.435. The second kappa shape index (κ2) is 7.97. The van der Waals surface area contributed by atoms with E-state index >= 15 is 0 Å². The van der Waals surface area contributed by atoms with E-state index in [2.05, 4.69) is 67.9 Å². The maximum absolute atomic E-state index is 11.5. The Bertz CT molecular complexity index is 937. The van der Waals surface area contributed by atoms with Crippen LogP contribution >= 0.6 is 11.8 Å². The van der Waals surface area contributed by atoms with Crippen LogP contribution in [-0.4, -0.2) is 27.5 Å². The predicted octanol–water partition coefficient (Wildman–Crippen LogP) is 4.53. The second-order valence-corrected chi connectivity index (χ2v) is 10.0. The first-order valence-electron chi connectivity index (χ1n) is 9.52. The number of carbonyl (C=O) groups is 1. The van der Waals surface area contributed by atoms with E-state index in [0.717, 1.165) is 12.0 Å². The van der Waals surface area contributed by atoms with Crippen molar-refractivity contribution < 1.29 is 9.53 Å². The van der Waals surface area contributed by atoms with Gasteiger partial charge in [-0.25, -0.2) is 0 Å². The van der Waals surface area contributed by atoms with E-state index in [-0.39, 0.29) is 22.6 Å². The van der Waals surface area contributed by atoms with Gasteiger partial charge in [-0.05, 0) is 60.6 Å². The van der Waals surface area contributed by atoms with E-state index in [9.17, 15) is 4.79 Å². The van der Waals surface area contributed by atoms with Crippen molar-refractivity contribution in [3.05, 3.63) is 52.8 Å². The van der Waals surface area contributed by atoms with Crippen molar-refractivity contribution in [2.75, 3.05) is 6.61 Å². The Labute approximate surface area is 171 Å². The molecule has 0 N–H and O–H groups in total. The van der Waals surface area contributed by atoms with Crippen LogP contribution in [0.4, 0.5) is 0 Å². The molecule has 0 amide bonds. The third-order valence-electron chi connectivity index (χ3n) is 4.65. The number of benzene rings is 1. The highest BCUT2D eigenvalue weighted by atomic mass is 32.2. The summed E-state index contributed by atoms with van der Waals surface area (Å²) in [6.07, 6.45) is 1.25. The van der Waals surface area contributed by atoms with Crippen molar-refractivity contribution in [3.8, 4) is 11.8 Å². The van der Waals surface area contributed by atoms with Gasteiger partial charge in [-0.3, -0.25) is 4.79 Å². The topological polar surface area (TPSA) is 52.1 Å². The highest BCUT2D eigenvalue weighted by Crippen LogP contribution is 2.50. The van der Waals surface area contributed by atoms with Crippen LogP contribution in [-0.2, 0) is 21.4 Å². The fourth-order valence-corrected chi connectivity index (χ4v) is 5.35. The van der Waals surface area contributed by atoms with Crippen molar-refractivity contribution in [1.82, 2.24) is 10.2 Å². The average Bonchev–Trinajstić information content (AvgIpc) is 2.60. The first-order valence-corrected chi connectivity index (χ1v) is 10.3. The summed E-state index contributed by atoms with van der Waals surface area (Å²) in [7, 11) is 0. The number of nitrogens with zero attached hydrogens (tertiary/aromatic N) is 2. The first kappa shape index (κ1) is 20.4. The van der Waals surface area contributed by atoms with Crippen molar-refractivity contribution in [2.45, 2.75) is 62.5 Å². The molecule has 4 nitrogen and oxygen atoms in total. The smallest absolute Gasteiger partial charge is 0.311 e. The Morgan fingerprint density at radius 2 is 1.93 bits per heavy atom. The number of aromatic nitrogens is 2. The minimum atomic E-state index is -0.298. The van der Waals surface area contributed by atoms with Crippen molar-refractivity contribution >= 4 is 17.7 Å². The van der Waals surface area contributed by atoms with Gasteiger partial charge in [0.15, 0.2) is 0 Å². The van der Waals surface area contributed by atoms with E-state index in [1.807, 2.05) is 11.8 Å². The summed E-state index contributed by atoms with van der Waals surface area (Å²) in [5.41, 5.74) is 3.62. The van der Waals surface area contributed by atoms with Gasteiger partial charge in [0, 0.05) is 15.2 Å². The zero-order chi connectivity index (χ0) is 20.4. The molecule has 0 saturated heterocycles. The molecule has 5 heteroatoms. The number of esters is 1. The molecule has 1 aromatic heterocycles. The molecule has 0 saturated carbocycles. The van der Waals surface area contributed by atoms with E-state index in [1.165, 1.54) is 10.5 Å². The van der Waals surface area contributed by atoms with E-state index in [0.29, 0.717) is 18.0 Å². The Morgan fingerprint density at radius 3 is 2.61 bits per heavy atom. The number of rotatable bonds is 3. The molecule has 146 valence electrons. The standard InChI is InChI=1S/C23H26N2O2S/c1-6-27-21(26)14-18-11-10-17(24-25-18)9-7-16-8-12-20-19(13-16)22(2,3)15-23(4,5)28-20/h8,10-13H,6,14-15H2,1-5H3. The highest BCUT2D eigenvalue weighted by molar-refractivity contribution is 8.00. The second-order valence-electron chi connectivity index (χ2n) is 8.28. The lowest BCUT2D eigenvalue weighted by molar-refractivity contribution is -0.142. The molecule has 0 atom stereocenters. The zero-order valence-electron chi connectivity index (χ0n) is 17.1. The normalized spacial score (nSPS) is 16.5. The fourth-order valence-electron chi connectivity index (χ4n) is 3.74. The van der Waals surface area contributed by atoms with Crippen LogP contribution in [0.1, 0.15) is 63.6 Å². The van der Waals surface area contributed by atoms with Gasteiger partial charge in [0.05, 0.1) is 18.7 Å². The maximum Gasteiger partial charge on any atom is 0.311 e. The van der Waals surface area contributed by atoms with Gasteiger partial charge in [0.25, 0.3) is 0 Å². The molecule has 0 radical (unpaired) electrons. The Morgan fingerprint density at radius 1 is 1.14 bits per heavy atom. The highest BCUT2D eigenvalue weighted by Gasteiger charge is 2.37. The molecular formula is C23H26N2O2S. The maximum atomic E-state index is 11.5. The van der Waals surface area contributed by atoms with Crippen LogP contribution in [0, 0.1) is 11.8 Å². The van der Waals surface area contributed by atoms with Crippen LogP contribution in [0.15, 0.2) is 35.2 Å². The van der Waals surface area contributed by atoms with Crippen LogP contribution in [0.25, 0.3) is 0 Å². The quantitative estimate of drug-likeness (QED) is 0.565. The lowest BCUT2D eigenvalue weighted by atomic mass is 9.76. The Kier molecular flexibility index (Phi) is 5.81. The average molecular weight is 395 g/mol. The molecule has 28 heavy (non-hydrogen) atoms. The van der Waals surface area contributed by atoms with Gasteiger partial charge in [0.1, 0.15) is 5.69 Å². The molecular weight excluding hydrogens is 368 g/mol. The summed E-state index contributed by atoms with van der Waals surface area (Å²) in [5.74, 6) is 5.97. The van der Waals surface area contributed by atoms with Gasteiger partial charge in [-0.2, -0.15) is 5.10 Å². The summed E-state index contributed by atoms with van der Waals surface area (Å²) in [5, 5.41) is 8.17. The van der Waals surface area contributed by atoms with Crippen molar-refractivity contribution in [3.63, 3.8) is 0 Å². The third-order valence-corrected chi connectivity index (χ3v) is 5.92. The number of hydrogen-bond donors (Lipinski definition) is 0. The minimum absolute atomic E-state index is 0.121. The number of thioether (sulfide) groups is 1. The van der Waals surface area contributed by atoms with E-state index in [4.69, 9.17) is 4.74 Å². The van der Waals surface area contributed by atoms with Crippen LogP contribution in [0.2, 0.25) is 0 Å². The lowest BCUT2D eigenvalue weighted by Gasteiger charge is -2.41. The number of ether oxygens (including phenoxy) is 1. The molecule has 0 unspecified atom stereocenters. The van der Waals surface area contributed by atoms with Gasteiger partial charge >= 0.3 is 5.97 Å². The predicted molar refractivity (Wildman–Crippen MR) is 112 cm³/mol. The number of carbonyl (C=O) groups excluding carboxylic acids is 1. The Hall–Kier alpha value is -2.32. The molecule has 0 aliphatic carbocycles. The molecule has 2 heterocycles. The molecule has 0 fully saturated rings. The molecule has 0 spiro atoms. The minimum Gasteiger partial charge on any atom is -0.466 e. The SMILES string of the molecule is CCOC(=O)Cc1ccc(C#Cc2ccc3c(c2)C(C)(C)CC(C)(C)S3)nn1. The first-order chi connectivity index (χ1) is 13.2. The zero-order valence-corrected chi connectivity index (χ0v) is 17.9. The van der Waals surface area contributed by atoms with Crippen LogP contribution in [0.5, 0.6) is 0 Å². The molecule has 0 bridgehead atoms. The van der Waals surface area contributed by atoms with E-state index < -0.39 is 0 Å². The lowest BCUT2D eigenvalue weighted by Crippen LogP contribution is -2.33. The van der Waals surface area contributed by atoms with Crippen molar-refractivity contribution in [1.29, 1.82) is 0 Å². The molecule has 2 aromatic rings. The van der Waals surface area contributed by atoms with Gasteiger partial charge in [-0.1, -0.05) is 33.6 Å². The third kappa shape index (κ3) is 4.94. The summed E-state index contributed by atoms with van der Waals surface area (Å²) in [4.78, 5) is 12.8. The molecule has 1 aliphatic heterocycles. The largest absolute Gasteiger partial charge is 0.466 e. The summed E-state index contributed by atoms with van der Waals surface area (Å²) in [6, 6.07) is 10.0. The Balaban J connectivity index is 1.77. The van der Waals surface area contributed by atoms with Gasteiger partial charge in [0.2, 0.25) is 0 Å². The number of hydrogen-bond acceptors (Lipinski definition) is 5. The van der Waals surface area contributed by atoms with Gasteiger partial charge < -0.3 is 4.74 Å². The van der Waals surface area contributed by atoms with Gasteiger partial charge in [-0.15, -0.1) is 16.9 Å². The monoisotopic (exact) mass is 394 g/mol. The van der Waals surface area contributed by atoms with Crippen LogP contribution in [0.3, 0.4) is 0 Å². The van der Waals surface area contributed by atoms with E-state index in [1.54, 1.807) is 19.1 Å². The molecule has 1 aliphatic rings. The summed E-state index contributed by atoms with van der Waals surface area (Å²) in [6.45, 7) is 11.4.